The van der Waals surface area contributed by atoms with Gasteiger partial charge in [0.15, 0.2) is 0 Å². The number of aliphatic hydroxyl groups is 3. The molecule has 0 rings (SSSR count). The zero-order valence-electron chi connectivity index (χ0n) is 10.5. The minimum Gasteiger partial charge on any atom is -0.550 e. The predicted molar refractivity (Wildman–Crippen MR) is 54.2 cm³/mol. The van der Waals surface area contributed by atoms with Crippen LogP contribution >= 0.6 is 0 Å². The van der Waals surface area contributed by atoms with Crippen molar-refractivity contribution in [2.24, 2.45) is 0 Å². The fraction of sp³-hybridized carbons (Fsp3) is 0.500. The van der Waals surface area contributed by atoms with Gasteiger partial charge in [-0.05, 0) is 0 Å². The average molecular weight is 360 g/mol. The van der Waals surface area contributed by atoms with Gasteiger partial charge in [0, 0.05) is 12.4 Å². The maximum Gasteiger partial charge on any atom is 2.00 e. The van der Waals surface area contributed by atoms with Crippen LogP contribution in [-0.2, 0) is 19.2 Å². The molecule has 0 fully saturated rings. The molecule has 0 aliphatic rings. The summed E-state index contributed by atoms with van der Waals surface area (Å²) in [6.45, 7) is 0. The summed E-state index contributed by atoms with van der Waals surface area (Å²) in [5, 5.41) is 63.1. The number of hydrogen-bond acceptors (Lipinski definition) is 11. The van der Waals surface area contributed by atoms with Gasteiger partial charge < -0.3 is 54.9 Å². The molecule has 11 nitrogen and oxygen atoms in total. The van der Waals surface area contributed by atoms with Gasteiger partial charge in [0.05, 0.1) is 24.0 Å². The van der Waals surface area contributed by atoms with E-state index < -0.39 is 48.6 Å². The van der Waals surface area contributed by atoms with Gasteiger partial charge in [-0.3, -0.25) is 0 Å². The Kier molecular flexibility index (Phi) is 21.2. The van der Waals surface area contributed by atoms with Crippen molar-refractivity contribution in [2.75, 3.05) is 0 Å². The van der Waals surface area contributed by atoms with Gasteiger partial charge in [-0.15, -0.1) is 0 Å². The molecule has 3 unspecified atom stereocenters. The summed E-state index contributed by atoms with van der Waals surface area (Å²) in [6, 6.07) is 0. The number of aliphatic hydroxyl groups excluding tert-OH is 3. The quantitative estimate of drug-likeness (QED) is 0.377. The van der Waals surface area contributed by atoms with Crippen molar-refractivity contribution in [3.05, 3.63) is 0 Å². The molecule has 0 aliphatic heterocycles. The van der Waals surface area contributed by atoms with E-state index in [1.54, 1.807) is 0 Å². The van der Waals surface area contributed by atoms with Crippen LogP contribution in [0.4, 0.5) is 0 Å². The Bertz CT molecular complexity index is 340. The van der Waals surface area contributed by atoms with Crippen molar-refractivity contribution in [1.82, 2.24) is 0 Å². The SMILES string of the molecule is O=C([O-])C(O)C(O)C(=O)[O-].O=C([O-])CC(O)C(=O)[O-].[Ca+2].[Ca+2]. The molecule has 110 valence electrons. The molecule has 0 heterocycles. The van der Waals surface area contributed by atoms with Crippen LogP contribution in [0.2, 0.25) is 0 Å². The average Bonchev–Trinajstić information content (AvgIpc) is 2.26. The first-order valence-electron chi connectivity index (χ1n) is 4.37. The number of hydrogen-bond donors (Lipinski definition) is 3. The zero-order chi connectivity index (χ0) is 15.7. The van der Waals surface area contributed by atoms with E-state index in [4.69, 9.17) is 15.3 Å². The molecule has 13 heteroatoms. The molecular weight excluding hydrogens is 352 g/mol. The van der Waals surface area contributed by atoms with Gasteiger partial charge in [-0.2, -0.15) is 0 Å². The Morgan fingerprint density at radius 3 is 1.10 bits per heavy atom. The minimum absolute atomic E-state index is 0. The maximum absolute atomic E-state index is 9.63. The normalized spacial score (nSPS) is 12.9. The van der Waals surface area contributed by atoms with Gasteiger partial charge in [0.25, 0.3) is 0 Å². The second kappa shape index (κ2) is 15.2. The molecule has 0 radical (unpaired) electrons. The summed E-state index contributed by atoms with van der Waals surface area (Å²) in [5.41, 5.74) is 0. The summed E-state index contributed by atoms with van der Waals surface area (Å²) in [7, 11) is 0. The Hall–Kier alpha value is 0.279. The number of rotatable bonds is 6. The Balaban J connectivity index is -0.000000126. The van der Waals surface area contributed by atoms with E-state index in [1.165, 1.54) is 0 Å². The number of carboxylic acids is 4. The Labute approximate surface area is 177 Å². The molecule has 3 N–H and O–H groups in total. The molecule has 0 aromatic carbocycles. The molecular formula is C8H8Ca2O11. The van der Waals surface area contributed by atoms with Crippen LogP contribution in [0.5, 0.6) is 0 Å². The summed E-state index contributed by atoms with van der Waals surface area (Å²) in [6.07, 6.45) is -7.77. The fourth-order valence-corrected chi connectivity index (χ4v) is 0.499. The van der Waals surface area contributed by atoms with Crippen molar-refractivity contribution >= 4 is 99.4 Å². The van der Waals surface area contributed by atoms with E-state index in [-0.39, 0.29) is 75.5 Å². The maximum atomic E-state index is 9.63. The van der Waals surface area contributed by atoms with Crippen molar-refractivity contribution in [3.63, 3.8) is 0 Å². The first-order valence-corrected chi connectivity index (χ1v) is 4.37. The molecule has 0 saturated carbocycles. The Morgan fingerprint density at radius 2 is 1.00 bits per heavy atom. The van der Waals surface area contributed by atoms with Crippen molar-refractivity contribution in [3.8, 4) is 0 Å². The van der Waals surface area contributed by atoms with Crippen LogP contribution in [0.3, 0.4) is 0 Å². The van der Waals surface area contributed by atoms with Crippen molar-refractivity contribution in [1.29, 1.82) is 0 Å². The summed E-state index contributed by atoms with van der Waals surface area (Å²) < 4.78 is 0. The first kappa shape index (κ1) is 29.3. The summed E-state index contributed by atoms with van der Waals surface area (Å²) >= 11 is 0. The molecule has 0 bridgehead atoms. The topological polar surface area (TPSA) is 221 Å². The van der Waals surface area contributed by atoms with Gasteiger partial charge in [0.1, 0.15) is 12.2 Å². The molecule has 0 aromatic heterocycles. The van der Waals surface area contributed by atoms with Gasteiger partial charge in [-0.25, -0.2) is 0 Å². The van der Waals surface area contributed by atoms with Crippen molar-refractivity contribution in [2.45, 2.75) is 24.7 Å². The molecule has 0 spiro atoms. The number of carbonyl (C=O) groups excluding carboxylic acids is 4. The van der Waals surface area contributed by atoms with E-state index in [1.807, 2.05) is 0 Å². The van der Waals surface area contributed by atoms with E-state index in [0.29, 0.717) is 0 Å². The van der Waals surface area contributed by atoms with E-state index in [0.717, 1.165) is 0 Å². The molecule has 3 atom stereocenters. The van der Waals surface area contributed by atoms with Crippen molar-refractivity contribution < 1.29 is 54.9 Å². The Morgan fingerprint density at radius 1 is 0.714 bits per heavy atom. The van der Waals surface area contributed by atoms with Crippen LogP contribution in [0.1, 0.15) is 6.42 Å². The molecule has 21 heavy (non-hydrogen) atoms. The van der Waals surface area contributed by atoms with Crippen LogP contribution in [0.25, 0.3) is 0 Å². The smallest absolute Gasteiger partial charge is 0.550 e. The van der Waals surface area contributed by atoms with E-state index in [9.17, 15) is 39.6 Å². The minimum atomic E-state index is -2.44. The summed E-state index contributed by atoms with van der Waals surface area (Å²) in [4.78, 5) is 38.4. The van der Waals surface area contributed by atoms with Crippen LogP contribution in [0, 0.1) is 0 Å². The second-order valence-electron chi connectivity index (χ2n) is 2.94. The summed E-state index contributed by atoms with van der Waals surface area (Å²) in [5.74, 6) is -7.54. The number of aliphatic carboxylic acids is 4. The largest absolute Gasteiger partial charge is 2.00 e. The molecule has 0 amide bonds. The van der Waals surface area contributed by atoms with Crippen LogP contribution in [0.15, 0.2) is 0 Å². The number of carbonyl (C=O) groups is 4. The predicted octanol–water partition coefficient (Wildman–Crippen LogP) is -9.32. The second-order valence-corrected chi connectivity index (χ2v) is 2.94. The fourth-order valence-electron chi connectivity index (χ4n) is 0.499. The van der Waals surface area contributed by atoms with Gasteiger partial charge in [-0.1, -0.05) is 0 Å². The third kappa shape index (κ3) is 16.5. The van der Waals surface area contributed by atoms with E-state index >= 15 is 0 Å². The zero-order valence-corrected chi connectivity index (χ0v) is 14.9. The molecule has 0 saturated heterocycles. The van der Waals surface area contributed by atoms with Gasteiger partial charge in [0.2, 0.25) is 0 Å². The standard InChI is InChI=1S/C4H6O6.C4H6O5.2Ca/c5-1(3(7)8)2(6)4(9)10;5-2(4(8)9)1-3(6)7;;/h1-2,5-6H,(H,7,8)(H,9,10);2,5H,1H2,(H,6,7)(H,8,9);;/q;;2*+2/p-4. The molecule has 0 aliphatic carbocycles. The van der Waals surface area contributed by atoms with E-state index in [2.05, 4.69) is 0 Å². The monoisotopic (exact) mass is 360 g/mol. The first-order chi connectivity index (χ1) is 8.50. The number of carboxylic acid groups (broad SMARTS) is 4. The van der Waals surface area contributed by atoms with Crippen LogP contribution < -0.4 is 20.4 Å². The van der Waals surface area contributed by atoms with Crippen LogP contribution in [-0.4, -0.2) is 133 Å². The van der Waals surface area contributed by atoms with Gasteiger partial charge >= 0.3 is 75.5 Å². The molecule has 0 aromatic rings. The third-order valence-corrected chi connectivity index (χ3v) is 1.41. The third-order valence-electron chi connectivity index (χ3n) is 1.41.